The Morgan fingerprint density at radius 1 is 1.31 bits per heavy atom. The smallest absolute Gasteiger partial charge is 0.393 e. The van der Waals surface area contributed by atoms with Crippen molar-refractivity contribution < 1.29 is 34.4 Å². The molecule has 0 saturated carbocycles. The molecule has 1 atom stereocenters. The number of ketones is 1. The topological polar surface area (TPSA) is 110 Å². The van der Waals surface area contributed by atoms with Gasteiger partial charge in [-0.05, 0) is 0 Å². The van der Waals surface area contributed by atoms with Crippen molar-refractivity contribution in [1.82, 2.24) is 0 Å². The lowest BCUT2D eigenvalue weighted by Crippen LogP contribution is -2.28. The zero-order valence-electron chi connectivity index (χ0n) is 6.72. The molecule has 7 nitrogen and oxygen atoms in total. The molecule has 7 heteroatoms. The molecular formula is C6H8O7. The average Bonchev–Trinajstić information content (AvgIpc) is 2.11. The third-order valence-corrected chi connectivity index (χ3v) is 0.932. The molecule has 0 aromatic heterocycles. The fraction of sp³-hybridized carbons (Fsp3) is 0.500. The molecule has 0 heterocycles. The predicted octanol–water partition coefficient (Wildman–Crippen LogP) is -2.07. The number of hydrogen-bond acceptors (Lipinski definition) is 7. The summed E-state index contributed by atoms with van der Waals surface area (Å²) in [5.74, 6) is -3.66. The van der Waals surface area contributed by atoms with Crippen molar-refractivity contribution in [2.75, 3.05) is 6.61 Å². The van der Waals surface area contributed by atoms with Gasteiger partial charge < -0.3 is 10.2 Å². The second kappa shape index (κ2) is 5.22. The SMILES string of the molecule is CC(=O)C(=O)OOC(=O)C(O)CO. The molecule has 0 aliphatic heterocycles. The van der Waals surface area contributed by atoms with Crippen LogP contribution in [-0.4, -0.2) is 40.6 Å². The van der Waals surface area contributed by atoms with Crippen LogP contribution in [0.5, 0.6) is 0 Å². The Hall–Kier alpha value is -1.47. The van der Waals surface area contributed by atoms with Crippen molar-refractivity contribution in [3.8, 4) is 0 Å². The van der Waals surface area contributed by atoms with Gasteiger partial charge >= 0.3 is 11.9 Å². The highest BCUT2D eigenvalue weighted by Crippen LogP contribution is 1.90. The van der Waals surface area contributed by atoms with Crippen LogP contribution in [0.1, 0.15) is 6.92 Å². The minimum Gasteiger partial charge on any atom is -0.393 e. The van der Waals surface area contributed by atoms with Gasteiger partial charge in [0, 0.05) is 6.92 Å². The second-order valence-corrected chi connectivity index (χ2v) is 2.03. The first-order valence-electron chi connectivity index (χ1n) is 3.21. The maximum Gasteiger partial charge on any atom is 0.421 e. The summed E-state index contributed by atoms with van der Waals surface area (Å²) in [6.45, 7) is 0.0507. The molecule has 13 heavy (non-hydrogen) atoms. The standard InChI is InChI=1S/C6H8O7/c1-3(8)5(10)12-13-6(11)4(9)2-7/h4,7,9H,2H2,1H3. The van der Waals surface area contributed by atoms with Gasteiger partial charge in [-0.3, -0.25) is 4.79 Å². The van der Waals surface area contributed by atoms with Crippen molar-refractivity contribution >= 4 is 17.7 Å². The van der Waals surface area contributed by atoms with Gasteiger partial charge in [-0.25, -0.2) is 19.4 Å². The van der Waals surface area contributed by atoms with Crippen molar-refractivity contribution in [1.29, 1.82) is 0 Å². The summed E-state index contributed by atoms with van der Waals surface area (Å²) in [7, 11) is 0. The van der Waals surface area contributed by atoms with E-state index in [-0.39, 0.29) is 0 Å². The molecule has 0 rings (SSSR count). The zero-order chi connectivity index (χ0) is 10.4. The Labute approximate surface area is 72.8 Å². The van der Waals surface area contributed by atoms with Gasteiger partial charge in [0.05, 0.1) is 6.61 Å². The quantitative estimate of drug-likeness (QED) is 0.300. The van der Waals surface area contributed by atoms with E-state index < -0.39 is 30.4 Å². The van der Waals surface area contributed by atoms with Crippen LogP contribution < -0.4 is 0 Å². The molecule has 0 bridgehead atoms. The van der Waals surface area contributed by atoms with Crippen LogP contribution in [0.3, 0.4) is 0 Å². The van der Waals surface area contributed by atoms with E-state index in [1.165, 1.54) is 0 Å². The number of hydrogen-bond donors (Lipinski definition) is 2. The van der Waals surface area contributed by atoms with E-state index in [0.29, 0.717) is 0 Å². The summed E-state index contributed by atoms with van der Waals surface area (Å²) < 4.78 is 0. The van der Waals surface area contributed by atoms with E-state index in [9.17, 15) is 14.4 Å². The molecule has 2 N–H and O–H groups in total. The van der Waals surface area contributed by atoms with E-state index in [0.717, 1.165) is 6.92 Å². The first-order valence-corrected chi connectivity index (χ1v) is 3.21. The number of rotatable bonds is 3. The summed E-state index contributed by atoms with van der Waals surface area (Å²) in [5.41, 5.74) is 0. The normalized spacial score (nSPS) is 11.6. The van der Waals surface area contributed by atoms with E-state index >= 15 is 0 Å². The van der Waals surface area contributed by atoms with E-state index in [1.807, 2.05) is 0 Å². The highest BCUT2D eigenvalue weighted by atomic mass is 17.2. The lowest BCUT2D eigenvalue weighted by atomic mass is 10.4. The Bertz CT molecular complexity index is 221. The van der Waals surface area contributed by atoms with E-state index in [4.69, 9.17) is 10.2 Å². The molecule has 1 unspecified atom stereocenters. The van der Waals surface area contributed by atoms with Crippen molar-refractivity contribution in [2.24, 2.45) is 0 Å². The van der Waals surface area contributed by atoms with Crippen LogP contribution in [0, 0.1) is 0 Å². The monoisotopic (exact) mass is 192 g/mol. The van der Waals surface area contributed by atoms with Crippen molar-refractivity contribution in [3.05, 3.63) is 0 Å². The lowest BCUT2D eigenvalue weighted by molar-refractivity contribution is -0.262. The van der Waals surface area contributed by atoms with Gasteiger partial charge in [-0.2, -0.15) is 0 Å². The second-order valence-electron chi connectivity index (χ2n) is 2.03. The number of aliphatic hydroxyl groups is 2. The Kier molecular flexibility index (Phi) is 4.63. The van der Waals surface area contributed by atoms with Crippen LogP contribution in [-0.2, 0) is 24.2 Å². The third-order valence-electron chi connectivity index (χ3n) is 0.932. The first kappa shape index (κ1) is 11.5. The fourth-order valence-corrected chi connectivity index (χ4v) is 0.268. The summed E-state index contributed by atoms with van der Waals surface area (Å²) >= 11 is 0. The highest BCUT2D eigenvalue weighted by Gasteiger charge is 2.20. The van der Waals surface area contributed by atoms with E-state index in [2.05, 4.69) is 9.78 Å². The predicted molar refractivity (Wildman–Crippen MR) is 36.0 cm³/mol. The van der Waals surface area contributed by atoms with Gasteiger partial charge in [0.1, 0.15) is 0 Å². The van der Waals surface area contributed by atoms with Crippen molar-refractivity contribution in [3.63, 3.8) is 0 Å². The molecule has 0 aromatic carbocycles. The third kappa shape index (κ3) is 4.19. The zero-order valence-corrected chi connectivity index (χ0v) is 6.72. The van der Waals surface area contributed by atoms with Gasteiger partial charge in [0.2, 0.25) is 5.78 Å². The Balaban J connectivity index is 3.83. The van der Waals surface area contributed by atoms with Gasteiger partial charge in [0.25, 0.3) is 0 Å². The van der Waals surface area contributed by atoms with Crippen LogP contribution in [0.25, 0.3) is 0 Å². The number of carbonyl (C=O) groups excluding carboxylic acids is 3. The van der Waals surface area contributed by atoms with Crippen LogP contribution in [0.4, 0.5) is 0 Å². The maximum absolute atomic E-state index is 10.5. The van der Waals surface area contributed by atoms with Crippen molar-refractivity contribution in [2.45, 2.75) is 13.0 Å². The summed E-state index contributed by atoms with van der Waals surface area (Å²) in [6.07, 6.45) is -1.79. The molecule has 0 aliphatic carbocycles. The Morgan fingerprint density at radius 3 is 2.23 bits per heavy atom. The molecule has 0 spiro atoms. The minimum absolute atomic E-state index is 0.865. The molecule has 0 saturated heterocycles. The Morgan fingerprint density at radius 2 is 1.85 bits per heavy atom. The number of Topliss-reactive ketones (excluding diaryl/α,β-unsaturated/α-hetero) is 1. The fourth-order valence-electron chi connectivity index (χ4n) is 0.268. The van der Waals surface area contributed by atoms with Gasteiger partial charge in [-0.15, -0.1) is 0 Å². The maximum atomic E-state index is 10.5. The number of aliphatic hydroxyl groups excluding tert-OH is 2. The molecule has 0 amide bonds. The first-order chi connectivity index (χ1) is 5.99. The molecule has 0 fully saturated rings. The van der Waals surface area contributed by atoms with E-state index in [1.54, 1.807) is 0 Å². The number of carbonyl (C=O) groups is 3. The van der Waals surface area contributed by atoms with Crippen LogP contribution in [0.2, 0.25) is 0 Å². The lowest BCUT2D eigenvalue weighted by Gasteiger charge is -2.04. The molecule has 74 valence electrons. The summed E-state index contributed by atoms with van der Waals surface area (Å²) in [5, 5.41) is 16.8. The summed E-state index contributed by atoms with van der Waals surface area (Å²) in [6, 6.07) is 0. The molecule has 0 aromatic rings. The van der Waals surface area contributed by atoms with Crippen LogP contribution >= 0.6 is 0 Å². The molecule has 0 radical (unpaired) electrons. The van der Waals surface area contributed by atoms with Crippen LogP contribution in [0.15, 0.2) is 0 Å². The summed E-state index contributed by atoms with van der Waals surface area (Å²) in [4.78, 5) is 38.4. The average molecular weight is 192 g/mol. The largest absolute Gasteiger partial charge is 0.421 e. The molecule has 0 aliphatic rings. The highest BCUT2D eigenvalue weighted by molar-refractivity contribution is 6.32. The van der Waals surface area contributed by atoms with Gasteiger partial charge in [-0.1, -0.05) is 0 Å². The van der Waals surface area contributed by atoms with Gasteiger partial charge in [0.15, 0.2) is 6.10 Å². The minimum atomic E-state index is -1.79. The molecular weight excluding hydrogens is 184 g/mol.